The maximum Gasteiger partial charge on any atom is 0.516 e. The van der Waals surface area contributed by atoms with Gasteiger partial charge in [0.2, 0.25) is 0 Å². The first kappa shape index (κ1) is 15.2. The van der Waals surface area contributed by atoms with Gasteiger partial charge in [0.25, 0.3) is 0 Å². The largest absolute Gasteiger partial charge is 0.565 e. The molecule has 1 rings (SSSR count). The molecule has 4 heteroatoms. The zero-order valence-corrected chi connectivity index (χ0v) is 11.3. The second-order valence-corrected chi connectivity index (χ2v) is 5.57. The molecule has 0 spiro atoms. The molecule has 0 aromatic heterocycles. The van der Waals surface area contributed by atoms with Crippen LogP contribution >= 0.6 is 0 Å². The Morgan fingerprint density at radius 1 is 1.44 bits per heavy atom. The van der Waals surface area contributed by atoms with Crippen molar-refractivity contribution in [1.82, 2.24) is 0 Å². The first-order valence-corrected chi connectivity index (χ1v) is 6.88. The normalized spacial score (nSPS) is 25.5. The smallest absolute Gasteiger partial charge is 0.516 e. The van der Waals surface area contributed by atoms with Gasteiger partial charge >= 0.3 is 5.97 Å². The van der Waals surface area contributed by atoms with Gasteiger partial charge in [-0.15, -0.1) is 0 Å². The van der Waals surface area contributed by atoms with Gasteiger partial charge in [0, 0.05) is 17.1 Å². The lowest BCUT2D eigenvalue weighted by Crippen LogP contribution is -2.34. The minimum Gasteiger partial charge on any atom is -0.565 e. The summed E-state index contributed by atoms with van der Waals surface area (Å²) in [4.78, 5) is 22.5. The van der Waals surface area contributed by atoms with Crippen molar-refractivity contribution in [2.75, 3.05) is 0 Å². The van der Waals surface area contributed by atoms with Crippen molar-refractivity contribution in [3.8, 4) is 0 Å². The summed E-state index contributed by atoms with van der Waals surface area (Å²) < 4.78 is 0. The number of carbonyl (C=O) groups is 2. The molecule has 0 saturated heterocycles. The van der Waals surface area contributed by atoms with Crippen LogP contribution in [0.5, 0.6) is 0 Å². The third-order valence-corrected chi connectivity index (χ3v) is 4.34. The average molecular weight is 257 g/mol. The van der Waals surface area contributed by atoms with Crippen LogP contribution in [0.4, 0.5) is 0 Å². The summed E-state index contributed by atoms with van der Waals surface area (Å²) in [5.74, 6) is -0.104. The highest BCUT2D eigenvalue weighted by Gasteiger charge is 2.33. The van der Waals surface area contributed by atoms with Gasteiger partial charge in [0.05, 0.1) is 6.10 Å². The summed E-state index contributed by atoms with van der Waals surface area (Å²) in [5.41, 5.74) is 0. The average Bonchev–Trinajstić information content (AvgIpc) is 2.34. The van der Waals surface area contributed by atoms with Crippen molar-refractivity contribution in [2.24, 2.45) is 17.8 Å². The van der Waals surface area contributed by atoms with E-state index < -0.39 is 12.1 Å². The Morgan fingerprint density at radius 2 is 2.11 bits per heavy atom. The van der Waals surface area contributed by atoms with Crippen molar-refractivity contribution < 1.29 is 19.8 Å². The van der Waals surface area contributed by atoms with E-state index in [2.05, 4.69) is 0 Å². The molecule has 4 nitrogen and oxygen atoms in total. The van der Waals surface area contributed by atoms with Crippen LogP contribution in [0.3, 0.4) is 0 Å². The molecule has 0 aromatic carbocycles. The number of hydrogen-bond donors (Lipinski definition) is 1. The summed E-state index contributed by atoms with van der Waals surface area (Å²) in [6, 6.07) is 0. The fourth-order valence-electron chi connectivity index (χ4n) is 2.82. The molecule has 0 heterocycles. The third-order valence-electron chi connectivity index (χ3n) is 4.34. The summed E-state index contributed by atoms with van der Waals surface area (Å²) in [5, 5.41) is 16.9. The van der Waals surface area contributed by atoms with E-state index in [0.717, 1.165) is 19.3 Å². The van der Waals surface area contributed by atoms with Gasteiger partial charge in [-0.2, -0.15) is 0 Å². The van der Waals surface area contributed by atoms with Gasteiger partial charge in [-0.25, -0.2) is 0 Å². The minimum absolute atomic E-state index is 0.00333. The van der Waals surface area contributed by atoms with Crippen molar-refractivity contribution >= 4 is 11.8 Å². The van der Waals surface area contributed by atoms with Crippen molar-refractivity contribution in [1.29, 1.82) is 0 Å². The fourth-order valence-corrected chi connectivity index (χ4v) is 2.82. The minimum atomic E-state index is -0.636. The maximum atomic E-state index is 11.9. The first-order chi connectivity index (χ1) is 8.43. The molecule has 1 aliphatic carbocycles. The van der Waals surface area contributed by atoms with Crippen molar-refractivity contribution in [3.63, 3.8) is 0 Å². The quantitative estimate of drug-likeness (QED) is 0.731. The molecule has 1 fully saturated rings. The summed E-state index contributed by atoms with van der Waals surface area (Å²) in [6.45, 7) is 3.95. The monoisotopic (exact) mass is 257 g/mol. The van der Waals surface area contributed by atoms with Crippen LogP contribution in [0.1, 0.15) is 52.4 Å². The highest BCUT2D eigenvalue weighted by atomic mass is 16.4. The summed E-state index contributed by atoms with van der Waals surface area (Å²) >= 11 is 0. The van der Waals surface area contributed by atoms with E-state index in [0.29, 0.717) is 18.6 Å². The van der Waals surface area contributed by atoms with E-state index in [1.165, 1.54) is 0 Å². The number of carbonyl (C=O) groups excluding carboxylic acids is 2. The molecule has 3 N–H and O–H groups in total. The van der Waals surface area contributed by atoms with E-state index in [1.54, 1.807) is 0 Å². The van der Waals surface area contributed by atoms with E-state index in [1.807, 2.05) is 13.8 Å². The summed E-state index contributed by atoms with van der Waals surface area (Å²) in [7, 11) is 0. The Bertz CT molecular complexity index is 300. The fraction of sp³-hybridized carbons (Fsp3) is 0.857. The van der Waals surface area contributed by atoms with Gasteiger partial charge in [-0.1, -0.05) is 20.3 Å². The molecule has 4 atom stereocenters. The second kappa shape index (κ2) is 6.88. The van der Waals surface area contributed by atoms with Crippen LogP contribution in [0, 0.1) is 17.8 Å². The standard InChI is InChI=1S/C14H24O4/c1-9(11-5-3-4-6-13(11)16)10(2)12(15)7-8-14(17)18/h9-12,15H,3-8H2,1-2H3,(H,17,18)/p+1. The predicted octanol–water partition coefficient (Wildman–Crippen LogP) is 1.41. The number of aliphatic hydroxyl groups is 1. The van der Waals surface area contributed by atoms with Gasteiger partial charge < -0.3 is 10.2 Å². The lowest BCUT2D eigenvalue weighted by atomic mass is 9.73. The molecule has 0 aromatic rings. The molecule has 18 heavy (non-hydrogen) atoms. The Kier molecular flexibility index (Phi) is 5.79. The number of rotatable bonds is 6. The van der Waals surface area contributed by atoms with E-state index in [-0.39, 0.29) is 24.2 Å². The SMILES string of the molecule is CC(C(O)CCC(=O)[OH2+])C(C)C1CCCCC1=O. The van der Waals surface area contributed by atoms with Crippen LogP contribution in [0.2, 0.25) is 0 Å². The van der Waals surface area contributed by atoms with Crippen LogP contribution in [-0.4, -0.2) is 28.1 Å². The highest BCUT2D eigenvalue weighted by Crippen LogP contribution is 2.33. The molecular weight excluding hydrogens is 232 g/mol. The lowest BCUT2D eigenvalue weighted by molar-refractivity contribution is -0.138. The van der Waals surface area contributed by atoms with Gasteiger partial charge in [-0.3, -0.25) is 4.79 Å². The topological polar surface area (TPSA) is 77.3 Å². The van der Waals surface area contributed by atoms with E-state index in [9.17, 15) is 14.7 Å². The van der Waals surface area contributed by atoms with Crippen LogP contribution in [-0.2, 0) is 9.59 Å². The number of aliphatic hydroxyl groups excluding tert-OH is 1. The Morgan fingerprint density at radius 3 is 2.67 bits per heavy atom. The molecule has 1 saturated carbocycles. The van der Waals surface area contributed by atoms with E-state index >= 15 is 0 Å². The molecular formula is C14H25O4+. The predicted molar refractivity (Wildman–Crippen MR) is 69.2 cm³/mol. The molecule has 0 amide bonds. The molecule has 0 bridgehead atoms. The lowest BCUT2D eigenvalue weighted by Gasteiger charge is -2.32. The van der Waals surface area contributed by atoms with Crippen LogP contribution in [0.25, 0.3) is 0 Å². The van der Waals surface area contributed by atoms with Crippen LogP contribution < -0.4 is 0 Å². The van der Waals surface area contributed by atoms with Gasteiger partial charge in [0.1, 0.15) is 12.2 Å². The van der Waals surface area contributed by atoms with Gasteiger partial charge in [0.15, 0.2) is 0 Å². The molecule has 104 valence electrons. The molecule has 0 aliphatic heterocycles. The van der Waals surface area contributed by atoms with Crippen molar-refractivity contribution in [2.45, 2.75) is 58.5 Å². The first-order valence-electron chi connectivity index (χ1n) is 6.88. The second-order valence-electron chi connectivity index (χ2n) is 5.57. The van der Waals surface area contributed by atoms with Crippen molar-refractivity contribution in [3.05, 3.63) is 0 Å². The third kappa shape index (κ3) is 4.09. The zero-order valence-electron chi connectivity index (χ0n) is 11.3. The Hall–Kier alpha value is -0.900. The zero-order chi connectivity index (χ0) is 13.7. The molecule has 1 aliphatic rings. The molecule has 0 radical (unpaired) electrons. The summed E-state index contributed by atoms with van der Waals surface area (Å²) in [6.07, 6.45) is 3.51. The maximum absolute atomic E-state index is 11.9. The number of Topliss-reactive ketones (excluding diaryl/α,β-unsaturated/α-hetero) is 1. The molecule has 4 unspecified atom stereocenters. The Labute approximate surface area is 108 Å². The Balaban J connectivity index is 2.50. The van der Waals surface area contributed by atoms with Gasteiger partial charge in [-0.05, 0) is 31.1 Å². The van der Waals surface area contributed by atoms with Crippen LogP contribution in [0.15, 0.2) is 0 Å². The van der Waals surface area contributed by atoms with E-state index in [4.69, 9.17) is 5.11 Å². The number of ketones is 1. The number of hydrogen-bond acceptors (Lipinski definition) is 3. The highest BCUT2D eigenvalue weighted by molar-refractivity contribution is 5.81.